The maximum absolute atomic E-state index is 12.8. The van der Waals surface area contributed by atoms with Crippen LogP contribution in [0.1, 0.15) is 74.3 Å². The molecule has 1 fully saturated rings. The SMILES string of the molecule is COC(=O)CCc1c(C(=O)OC(C)(C)C)[nH]c(/C=C2\NC(=O)C[C@]2(C)CC(=O)OC)c1C. The first-order valence-corrected chi connectivity index (χ1v) is 10.4. The van der Waals surface area contributed by atoms with Crippen molar-refractivity contribution in [1.82, 2.24) is 10.3 Å². The molecule has 1 saturated heterocycles. The second-order valence-electron chi connectivity index (χ2n) is 9.19. The number of nitrogens with one attached hydrogen (secondary N) is 2. The standard InChI is InChI=1S/C23H32N2O7/c1-13-14(8-9-18(27)30-6)20(21(29)32-22(2,3)4)24-15(13)10-16-23(5,11-17(26)25-16)12-19(28)31-7/h10,24H,8-9,11-12H2,1-7H3,(H,25,26)/b16-10-/t23-/m1/s1. The number of hydrogen-bond acceptors (Lipinski definition) is 7. The Bertz CT molecular complexity index is 952. The predicted molar refractivity (Wildman–Crippen MR) is 117 cm³/mol. The van der Waals surface area contributed by atoms with Gasteiger partial charge in [-0.2, -0.15) is 0 Å². The highest BCUT2D eigenvalue weighted by Gasteiger charge is 2.41. The molecule has 0 aliphatic carbocycles. The van der Waals surface area contributed by atoms with E-state index in [-0.39, 0.29) is 37.3 Å². The molecule has 32 heavy (non-hydrogen) atoms. The fourth-order valence-corrected chi connectivity index (χ4v) is 3.64. The van der Waals surface area contributed by atoms with Gasteiger partial charge >= 0.3 is 17.9 Å². The van der Waals surface area contributed by atoms with Crippen LogP contribution in [0.2, 0.25) is 0 Å². The van der Waals surface area contributed by atoms with Crippen molar-refractivity contribution in [2.75, 3.05) is 14.2 Å². The van der Waals surface area contributed by atoms with Crippen LogP contribution in [-0.4, -0.2) is 48.6 Å². The molecule has 0 spiro atoms. The molecule has 0 bridgehead atoms. The highest BCUT2D eigenvalue weighted by atomic mass is 16.6. The summed E-state index contributed by atoms with van der Waals surface area (Å²) in [6.45, 7) is 8.93. The van der Waals surface area contributed by atoms with Gasteiger partial charge in [0.05, 0.1) is 20.6 Å². The van der Waals surface area contributed by atoms with Crippen LogP contribution < -0.4 is 5.32 Å². The third-order valence-electron chi connectivity index (χ3n) is 5.35. The predicted octanol–water partition coefficient (Wildman–Crippen LogP) is 2.81. The van der Waals surface area contributed by atoms with Crippen LogP contribution in [0.15, 0.2) is 5.70 Å². The Morgan fingerprint density at radius 3 is 2.31 bits per heavy atom. The van der Waals surface area contributed by atoms with Crippen LogP contribution in [0, 0.1) is 12.3 Å². The fraction of sp³-hybridized carbons (Fsp3) is 0.565. The first-order valence-electron chi connectivity index (χ1n) is 10.4. The molecular formula is C23H32N2O7. The lowest BCUT2D eigenvalue weighted by Crippen LogP contribution is -2.25. The molecule has 1 atom stereocenters. The van der Waals surface area contributed by atoms with Crippen molar-refractivity contribution in [2.45, 2.75) is 65.9 Å². The van der Waals surface area contributed by atoms with Gasteiger partial charge in [-0.05, 0) is 51.3 Å². The smallest absolute Gasteiger partial charge is 0.355 e. The lowest BCUT2D eigenvalue weighted by molar-refractivity contribution is -0.143. The van der Waals surface area contributed by atoms with Gasteiger partial charge in [-0.15, -0.1) is 0 Å². The number of hydrogen-bond donors (Lipinski definition) is 2. The van der Waals surface area contributed by atoms with Gasteiger partial charge < -0.3 is 24.5 Å². The Morgan fingerprint density at radius 1 is 1.12 bits per heavy atom. The second-order valence-corrected chi connectivity index (χ2v) is 9.19. The highest BCUT2D eigenvalue weighted by Crippen LogP contribution is 2.40. The molecule has 2 heterocycles. The zero-order chi connectivity index (χ0) is 24.3. The molecule has 9 heteroatoms. The van der Waals surface area contributed by atoms with Crippen molar-refractivity contribution >= 4 is 29.9 Å². The monoisotopic (exact) mass is 448 g/mol. The first kappa shape index (κ1) is 25.2. The van der Waals surface area contributed by atoms with Crippen molar-refractivity contribution in [3.05, 3.63) is 28.2 Å². The number of amides is 1. The second kappa shape index (κ2) is 9.58. The molecule has 1 aliphatic heterocycles. The summed E-state index contributed by atoms with van der Waals surface area (Å²) < 4.78 is 15.0. The van der Waals surface area contributed by atoms with E-state index in [1.54, 1.807) is 33.8 Å². The maximum Gasteiger partial charge on any atom is 0.355 e. The number of methoxy groups -OCH3 is 2. The van der Waals surface area contributed by atoms with Gasteiger partial charge in [0.2, 0.25) is 5.91 Å². The van der Waals surface area contributed by atoms with Crippen molar-refractivity contribution < 1.29 is 33.4 Å². The van der Waals surface area contributed by atoms with Gasteiger partial charge in [0.25, 0.3) is 0 Å². The third kappa shape index (κ3) is 5.99. The zero-order valence-corrected chi connectivity index (χ0v) is 19.8. The van der Waals surface area contributed by atoms with E-state index in [1.165, 1.54) is 14.2 Å². The van der Waals surface area contributed by atoms with E-state index in [2.05, 4.69) is 10.3 Å². The summed E-state index contributed by atoms with van der Waals surface area (Å²) in [6.07, 6.45) is 2.26. The number of carbonyl (C=O) groups excluding carboxylic acids is 4. The summed E-state index contributed by atoms with van der Waals surface area (Å²) in [6, 6.07) is 0. The lowest BCUT2D eigenvalue weighted by atomic mass is 9.82. The minimum absolute atomic E-state index is 0.0297. The van der Waals surface area contributed by atoms with E-state index < -0.39 is 28.9 Å². The van der Waals surface area contributed by atoms with Crippen molar-refractivity contribution in [1.29, 1.82) is 0 Å². The van der Waals surface area contributed by atoms with Crippen LogP contribution in [0.5, 0.6) is 0 Å². The first-order chi connectivity index (χ1) is 14.8. The average molecular weight is 449 g/mol. The van der Waals surface area contributed by atoms with Crippen molar-refractivity contribution in [3.8, 4) is 0 Å². The molecule has 0 radical (unpaired) electrons. The summed E-state index contributed by atoms with van der Waals surface area (Å²) in [7, 11) is 2.61. The van der Waals surface area contributed by atoms with Gasteiger partial charge in [0, 0.05) is 29.6 Å². The Morgan fingerprint density at radius 2 is 1.75 bits per heavy atom. The number of ether oxygens (including phenoxy) is 3. The summed E-state index contributed by atoms with van der Waals surface area (Å²) in [4.78, 5) is 51.6. The van der Waals surface area contributed by atoms with E-state index >= 15 is 0 Å². The van der Waals surface area contributed by atoms with Gasteiger partial charge in [-0.1, -0.05) is 6.92 Å². The summed E-state index contributed by atoms with van der Waals surface area (Å²) in [5, 5.41) is 2.81. The van der Waals surface area contributed by atoms with Crippen LogP contribution >= 0.6 is 0 Å². The van der Waals surface area contributed by atoms with E-state index in [1.807, 2.05) is 6.92 Å². The molecule has 9 nitrogen and oxygen atoms in total. The van der Waals surface area contributed by atoms with Gasteiger partial charge in [-0.25, -0.2) is 4.79 Å². The van der Waals surface area contributed by atoms with E-state index in [9.17, 15) is 19.2 Å². The van der Waals surface area contributed by atoms with Crippen molar-refractivity contribution in [3.63, 3.8) is 0 Å². The molecule has 0 aromatic carbocycles. The molecule has 2 N–H and O–H groups in total. The summed E-state index contributed by atoms with van der Waals surface area (Å²) >= 11 is 0. The summed E-state index contributed by atoms with van der Waals surface area (Å²) in [5.74, 6) is -1.57. The van der Waals surface area contributed by atoms with Crippen LogP contribution in [0.4, 0.5) is 0 Å². The van der Waals surface area contributed by atoms with Gasteiger partial charge in [0.1, 0.15) is 11.3 Å². The van der Waals surface area contributed by atoms with E-state index in [4.69, 9.17) is 14.2 Å². The van der Waals surface area contributed by atoms with Gasteiger partial charge in [0.15, 0.2) is 0 Å². The van der Waals surface area contributed by atoms with Crippen LogP contribution in [0.3, 0.4) is 0 Å². The van der Waals surface area contributed by atoms with Crippen LogP contribution in [0.25, 0.3) is 6.08 Å². The number of rotatable bonds is 7. The molecule has 1 aromatic rings. The summed E-state index contributed by atoms with van der Waals surface area (Å²) in [5.41, 5.74) is 1.28. The number of esters is 3. The maximum atomic E-state index is 12.8. The Kier molecular flexibility index (Phi) is 7.54. The number of aromatic amines is 1. The average Bonchev–Trinajstić information content (AvgIpc) is 3.14. The molecule has 1 amide bonds. The van der Waals surface area contributed by atoms with Gasteiger partial charge in [-0.3, -0.25) is 14.4 Å². The van der Waals surface area contributed by atoms with E-state index in [0.29, 0.717) is 17.0 Å². The fourth-order valence-electron chi connectivity index (χ4n) is 3.64. The molecule has 1 aromatic heterocycles. The van der Waals surface area contributed by atoms with Crippen LogP contribution in [-0.2, 0) is 35.0 Å². The molecular weight excluding hydrogens is 416 g/mol. The largest absolute Gasteiger partial charge is 0.469 e. The van der Waals surface area contributed by atoms with E-state index in [0.717, 1.165) is 5.56 Å². The minimum atomic E-state index is -0.764. The number of allylic oxidation sites excluding steroid dienone is 1. The number of H-pyrrole nitrogens is 1. The highest BCUT2D eigenvalue weighted by molar-refractivity contribution is 5.92. The third-order valence-corrected chi connectivity index (χ3v) is 5.35. The Labute approximate surface area is 187 Å². The quantitative estimate of drug-likeness (QED) is 0.485. The van der Waals surface area contributed by atoms with Crippen molar-refractivity contribution in [2.24, 2.45) is 5.41 Å². The normalized spacial score (nSPS) is 19.6. The zero-order valence-electron chi connectivity index (χ0n) is 19.8. The lowest BCUT2D eigenvalue weighted by Gasteiger charge is -2.22. The number of aromatic nitrogens is 1. The molecule has 2 rings (SSSR count). The minimum Gasteiger partial charge on any atom is -0.469 e. The number of carbonyl (C=O) groups is 4. The molecule has 0 saturated carbocycles. The Balaban J connectivity index is 2.50. The molecule has 1 aliphatic rings. The molecule has 176 valence electrons. The Hall–Kier alpha value is -3.10. The molecule has 0 unspecified atom stereocenters. The topological polar surface area (TPSA) is 124 Å².